The molecule has 10 atom stereocenters. The van der Waals surface area contributed by atoms with Crippen LogP contribution in [0.25, 0.3) is 0 Å². The van der Waals surface area contributed by atoms with E-state index in [4.69, 9.17) is 66.0 Å². The van der Waals surface area contributed by atoms with Crippen LogP contribution >= 0.6 is 0 Å². The Balaban J connectivity index is -0.000000155. The second-order valence-electron chi connectivity index (χ2n) is 30.7. The Labute approximate surface area is 696 Å². The van der Waals surface area contributed by atoms with Gasteiger partial charge in [0.2, 0.25) is 0 Å². The summed E-state index contributed by atoms with van der Waals surface area (Å²) in [5.41, 5.74) is 3.02. The van der Waals surface area contributed by atoms with E-state index in [0.717, 1.165) is 100 Å². The van der Waals surface area contributed by atoms with Crippen LogP contribution in [0.3, 0.4) is 0 Å². The van der Waals surface area contributed by atoms with Crippen LogP contribution in [-0.2, 0) is 81.5 Å². The predicted molar refractivity (Wildman–Crippen MR) is 460 cm³/mol. The van der Waals surface area contributed by atoms with Gasteiger partial charge in [-0.25, -0.2) is 0 Å². The monoisotopic (exact) mass is 1650 g/mol. The molecular weight excluding hydrogens is 1490 g/mol. The number of hydrogen-bond acceptors (Lipinski definition) is 13. The highest BCUT2D eigenvalue weighted by Gasteiger charge is 2.22. The smallest absolute Gasteiger partial charge is 0.308 e. The second kappa shape index (κ2) is 80.1. The number of carboxylic acid groups (broad SMARTS) is 12. The van der Waals surface area contributed by atoms with Gasteiger partial charge in [-0.2, -0.15) is 0 Å². The minimum Gasteiger partial charge on any atom is -0.481 e. The van der Waals surface area contributed by atoms with Crippen LogP contribution in [-0.4, -0.2) is 145 Å². The average Bonchev–Trinajstić information content (AvgIpc) is 0.941. The van der Waals surface area contributed by atoms with Gasteiger partial charge < -0.3 is 66.0 Å². The normalized spacial score (nSPS) is 12.7. The molecule has 0 spiro atoms. The van der Waals surface area contributed by atoms with Gasteiger partial charge in [0.15, 0.2) is 0 Å². The third-order valence-electron chi connectivity index (χ3n) is 17.3. The van der Waals surface area contributed by atoms with Gasteiger partial charge in [-0.1, -0.05) is 263 Å². The van der Waals surface area contributed by atoms with Crippen molar-refractivity contribution in [2.45, 2.75) is 307 Å². The highest BCUT2D eigenvalue weighted by molar-refractivity contribution is 5.73. The zero-order valence-corrected chi connectivity index (χ0v) is 75.3. The molecule has 0 aromatic heterocycles. The zero-order chi connectivity index (χ0) is 92.4. The predicted octanol–water partition coefficient (Wildman–Crippen LogP) is 21.1. The fraction of sp³-hybridized carbons (Fsp3) is 0.670. The van der Waals surface area contributed by atoms with E-state index in [0.29, 0.717) is 63.4 Å². The van der Waals surface area contributed by atoms with Gasteiger partial charge in [0, 0.05) is 6.42 Å². The second-order valence-corrected chi connectivity index (χ2v) is 30.7. The van der Waals surface area contributed by atoms with E-state index in [-0.39, 0.29) is 76.6 Å². The van der Waals surface area contributed by atoms with Crippen molar-refractivity contribution in [2.24, 2.45) is 82.9 Å². The summed E-state index contributed by atoms with van der Waals surface area (Å²) >= 11 is 0. The first-order valence-electron chi connectivity index (χ1n) is 41.3. The Hall–Kier alpha value is -8.74. The van der Waals surface area contributed by atoms with Gasteiger partial charge in [0.1, 0.15) is 0 Å². The van der Waals surface area contributed by atoms with Crippen LogP contribution in [0.1, 0.15) is 299 Å². The topological polar surface area (TPSA) is 457 Å². The van der Waals surface area contributed by atoms with Crippen LogP contribution in [0, 0.1) is 82.9 Å². The Morgan fingerprint density at radius 2 is 0.612 bits per heavy atom. The van der Waals surface area contributed by atoms with Crippen LogP contribution in [0.5, 0.6) is 0 Å². The maximum Gasteiger partial charge on any atom is 0.308 e. The lowest BCUT2D eigenvalue weighted by molar-refractivity contribution is -0.146. The Morgan fingerprint density at radius 1 is 0.310 bits per heavy atom. The van der Waals surface area contributed by atoms with E-state index >= 15 is 0 Å². The van der Waals surface area contributed by atoms with Gasteiger partial charge in [0.25, 0.3) is 0 Å². The number of unbranched alkanes of at least 4 members (excludes halogenated alkanes) is 1. The third kappa shape index (κ3) is 86.1. The minimum atomic E-state index is -0.776. The molecule has 0 bridgehead atoms. The van der Waals surface area contributed by atoms with Gasteiger partial charge in [-0.15, -0.1) is 0 Å². The Kier molecular flexibility index (Phi) is 86.6. The van der Waals surface area contributed by atoms with Crippen LogP contribution in [0.4, 0.5) is 0 Å². The molecule has 25 nitrogen and oxygen atoms in total. The first-order valence-corrected chi connectivity index (χ1v) is 41.3. The molecule has 116 heavy (non-hydrogen) atoms. The number of carboxylic acids is 12. The molecule has 3 rings (SSSR count). The molecule has 0 amide bonds. The molecule has 3 aromatic carbocycles. The minimum absolute atomic E-state index is 0.111. The maximum absolute atomic E-state index is 10.7. The van der Waals surface area contributed by atoms with Crippen molar-refractivity contribution < 1.29 is 124 Å². The molecule has 0 saturated carbocycles. The van der Waals surface area contributed by atoms with Crippen molar-refractivity contribution in [3.63, 3.8) is 0 Å². The lowest BCUT2D eigenvalue weighted by Gasteiger charge is -2.21. The van der Waals surface area contributed by atoms with E-state index < -0.39 is 71.6 Å². The highest BCUT2D eigenvalue weighted by atomic mass is 16.5. The summed E-state index contributed by atoms with van der Waals surface area (Å²) in [5.74, 6) is -9.46. The van der Waals surface area contributed by atoms with E-state index in [1.807, 2.05) is 223 Å². The number of carbonyl (C=O) groups is 12. The first kappa shape index (κ1) is 125. The summed E-state index contributed by atoms with van der Waals surface area (Å²) in [7, 11) is 0. The molecule has 12 N–H and O–H groups in total. The van der Waals surface area contributed by atoms with E-state index in [1.54, 1.807) is 34.6 Å². The number of ether oxygens (including phenoxy) is 1. The zero-order valence-electron chi connectivity index (χ0n) is 75.3. The van der Waals surface area contributed by atoms with Crippen LogP contribution in [0.2, 0.25) is 0 Å². The summed E-state index contributed by atoms with van der Waals surface area (Å²) < 4.78 is 5.36. The maximum atomic E-state index is 10.7. The van der Waals surface area contributed by atoms with Crippen molar-refractivity contribution in [3.05, 3.63) is 108 Å². The number of benzene rings is 3. The standard InChI is InChI=1S/2C11H14O2.C10H12O2.C9H18O3.3C8H16O2.C7H14O2.C6H12O2.C5H10O2.2C4H8O2/c2*1-2-10(11(12)13)8-9-6-4-3-5-7-9;1-8(10(11)12)7-9-5-3-2-4-6-9;1-5-7(8(10)11)6-12-9(2,3)4;2*1-4-7(8(9)10)5-6(2)3;1-3-5-6-7(4-2)8(9)10;1-4-6(5(2)3)7(8)9;1-3-4-5(2)6(7)8;1-3-4(2)5(6)7;1-3(2)4(5)6;1-2-3-4(5)6/h2*3-7,10H,2,8H2,1H3,(H,12,13);2-6,8H,7H2,1H3,(H,11,12);7H,5-6H2,1-4H3,(H,10,11);2*6-7H,4-5H2,1-3H3,(H,9,10);7H,3-6H2,1-2H3,(H,9,10);5-6H,4H2,1-3H3,(H,8,9);5H,3-4H2,1-2H3,(H,7,8);4H,3H2,1-2H3,(H,6,7);3H,1-2H3,(H,5,6);2-3H2,1H3,(H,5,6)/t2*10-;8-;4*7-;6-;5-;4-;;/m1010100001../s1. The summed E-state index contributed by atoms with van der Waals surface area (Å²) in [4.78, 5) is 124. The van der Waals surface area contributed by atoms with Gasteiger partial charge in [-0.3, -0.25) is 57.5 Å². The molecule has 0 aliphatic rings. The lowest BCUT2D eigenvalue weighted by Crippen LogP contribution is -2.27. The molecule has 0 heterocycles. The third-order valence-corrected chi connectivity index (χ3v) is 17.3. The number of aliphatic carboxylic acids is 12. The molecule has 3 aromatic rings. The first-order chi connectivity index (χ1) is 53.8. The molecular formula is C91H158O25. The molecule has 0 unspecified atom stereocenters. The molecule has 0 radical (unpaired) electrons. The van der Waals surface area contributed by atoms with Crippen LogP contribution in [0.15, 0.2) is 91.0 Å². The Bertz CT molecular complexity index is 2870. The van der Waals surface area contributed by atoms with Crippen molar-refractivity contribution in [1.82, 2.24) is 0 Å². The van der Waals surface area contributed by atoms with Crippen molar-refractivity contribution in [3.8, 4) is 0 Å². The molecule has 0 fully saturated rings. The summed E-state index contributed by atoms with van der Waals surface area (Å²) in [5, 5.41) is 102. The number of hydrogen-bond donors (Lipinski definition) is 12. The molecule has 0 aliphatic heterocycles. The van der Waals surface area contributed by atoms with Crippen molar-refractivity contribution >= 4 is 71.6 Å². The van der Waals surface area contributed by atoms with Gasteiger partial charge in [-0.05, 0) is 158 Å². The van der Waals surface area contributed by atoms with Crippen molar-refractivity contribution in [2.75, 3.05) is 6.61 Å². The van der Waals surface area contributed by atoms with E-state index in [1.165, 1.54) is 0 Å². The molecule has 25 heteroatoms. The summed E-state index contributed by atoms with van der Waals surface area (Å²) in [6.45, 7) is 47.6. The average molecular weight is 1650 g/mol. The fourth-order valence-electron chi connectivity index (χ4n) is 9.23. The highest BCUT2D eigenvalue weighted by Crippen LogP contribution is 2.19. The largest absolute Gasteiger partial charge is 0.481 e. The van der Waals surface area contributed by atoms with Gasteiger partial charge in [0.05, 0.1) is 77.3 Å². The lowest BCUT2D eigenvalue weighted by atomic mass is 9.94. The van der Waals surface area contributed by atoms with E-state index in [2.05, 4.69) is 6.92 Å². The molecule has 672 valence electrons. The quantitative estimate of drug-likeness (QED) is 0.0252. The van der Waals surface area contributed by atoms with E-state index in [9.17, 15) is 57.5 Å². The van der Waals surface area contributed by atoms with Gasteiger partial charge >= 0.3 is 71.6 Å². The van der Waals surface area contributed by atoms with Crippen molar-refractivity contribution in [1.29, 1.82) is 0 Å². The summed E-state index contributed by atoms with van der Waals surface area (Å²) in [6.07, 6.45) is 14.9. The Morgan fingerprint density at radius 3 is 0.759 bits per heavy atom. The molecule has 0 aliphatic carbocycles. The SMILES string of the molecule is CC(C)C(=O)O.CCCC(=O)O.CCCC[C@H](CC)C(=O)O.CCC[C@H](C)C(=O)O.CC[C@@H](C)C(=O)O.CC[C@@H](CC(C)C)C(=O)O.CC[C@@H](COC(C)(C)C)C(=O)O.CC[C@@H](Cc1ccccc1)C(=O)O.CC[C@H](C(=O)O)C(C)C.CC[C@H](CC(C)C)C(=O)O.CC[C@H](Cc1ccccc1)C(=O)O.C[C@H](Cc1ccccc1)C(=O)O. The van der Waals surface area contributed by atoms with Crippen LogP contribution < -0.4 is 0 Å². The summed E-state index contributed by atoms with van der Waals surface area (Å²) in [6, 6.07) is 29.1. The fourth-order valence-corrected chi connectivity index (χ4v) is 9.23. The molecule has 0 saturated heterocycles. The number of rotatable bonds is 39.